The Morgan fingerprint density at radius 1 is 1.67 bits per heavy atom. The van der Waals surface area contributed by atoms with E-state index in [1.165, 1.54) is 7.05 Å². The normalized spacial score (nSPS) is 23.2. The molecule has 5 heteroatoms. The summed E-state index contributed by atoms with van der Waals surface area (Å²) >= 11 is 0. The number of carbonyl (C=O) groups excluding carboxylic acids is 1. The lowest BCUT2D eigenvalue weighted by Gasteiger charge is -2.22. The molecular weight excluding hydrogens is 162 g/mol. The fourth-order valence-electron chi connectivity index (χ4n) is 0.874. The van der Waals surface area contributed by atoms with Crippen molar-refractivity contribution in [1.29, 1.82) is 0 Å². The molecule has 12 heavy (non-hydrogen) atoms. The minimum absolute atomic E-state index is 0.115. The third kappa shape index (κ3) is 3.06. The molecule has 1 rings (SSSR count). The zero-order valence-electron chi connectivity index (χ0n) is 7.04. The highest BCUT2D eigenvalue weighted by molar-refractivity contribution is 5.66. The van der Waals surface area contributed by atoms with Gasteiger partial charge in [-0.1, -0.05) is 0 Å². The van der Waals surface area contributed by atoms with Crippen LogP contribution >= 0.6 is 0 Å². The van der Waals surface area contributed by atoms with Gasteiger partial charge in [-0.15, -0.1) is 0 Å². The van der Waals surface area contributed by atoms with Gasteiger partial charge in [-0.2, -0.15) is 0 Å². The van der Waals surface area contributed by atoms with Crippen LogP contribution in [-0.2, 0) is 14.2 Å². The zero-order valence-corrected chi connectivity index (χ0v) is 7.04. The summed E-state index contributed by atoms with van der Waals surface area (Å²) in [6.07, 6.45) is -0.555. The van der Waals surface area contributed by atoms with Crippen molar-refractivity contribution >= 4 is 6.09 Å². The molecule has 0 saturated carbocycles. The Balaban J connectivity index is 2.09. The van der Waals surface area contributed by atoms with E-state index in [0.29, 0.717) is 19.8 Å². The van der Waals surface area contributed by atoms with Crippen molar-refractivity contribution in [3.05, 3.63) is 0 Å². The Bertz CT molecular complexity index is 144. The monoisotopic (exact) mass is 175 g/mol. The fraction of sp³-hybridized carbons (Fsp3) is 0.857. The quantitative estimate of drug-likeness (QED) is 0.629. The van der Waals surface area contributed by atoms with Gasteiger partial charge in [0.1, 0.15) is 12.7 Å². The molecule has 0 aromatic rings. The third-order valence-electron chi connectivity index (χ3n) is 1.49. The van der Waals surface area contributed by atoms with Crippen LogP contribution < -0.4 is 5.32 Å². The van der Waals surface area contributed by atoms with Crippen LogP contribution in [0.25, 0.3) is 0 Å². The smallest absolute Gasteiger partial charge is 0.406 e. The molecule has 1 amide bonds. The summed E-state index contributed by atoms with van der Waals surface area (Å²) in [5.74, 6) is 0. The number of ether oxygens (including phenoxy) is 3. The lowest BCUT2D eigenvalue weighted by atomic mass is 10.4. The average molecular weight is 175 g/mol. The zero-order chi connectivity index (χ0) is 8.81. The van der Waals surface area contributed by atoms with Crippen LogP contribution in [0.1, 0.15) is 0 Å². The molecule has 1 N–H and O–H groups in total. The molecule has 0 bridgehead atoms. The molecule has 1 aliphatic rings. The van der Waals surface area contributed by atoms with Crippen LogP contribution in [0.15, 0.2) is 0 Å². The number of carbonyl (C=O) groups is 1. The number of alkyl carbamates (subject to hydrolysis) is 1. The van der Waals surface area contributed by atoms with Gasteiger partial charge < -0.3 is 19.5 Å². The van der Waals surface area contributed by atoms with E-state index in [1.54, 1.807) is 0 Å². The van der Waals surface area contributed by atoms with Crippen molar-refractivity contribution in [3.63, 3.8) is 0 Å². The molecule has 0 unspecified atom stereocenters. The second-order valence-corrected chi connectivity index (χ2v) is 2.42. The van der Waals surface area contributed by atoms with Crippen molar-refractivity contribution in [3.8, 4) is 0 Å². The van der Waals surface area contributed by atoms with Gasteiger partial charge in [-0.05, 0) is 0 Å². The van der Waals surface area contributed by atoms with Crippen molar-refractivity contribution in [2.45, 2.75) is 6.10 Å². The first-order valence-corrected chi connectivity index (χ1v) is 3.87. The van der Waals surface area contributed by atoms with Gasteiger partial charge in [0, 0.05) is 7.05 Å². The summed E-state index contributed by atoms with van der Waals surface area (Å²) in [5.41, 5.74) is 0. The summed E-state index contributed by atoms with van der Waals surface area (Å²) in [7, 11) is 1.51. The number of nitrogens with one attached hydrogen (secondary N) is 1. The van der Waals surface area contributed by atoms with E-state index < -0.39 is 6.09 Å². The summed E-state index contributed by atoms with van der Waals surface area (Å²) in [4.78, 5) is 10.6. The maximum atomic E-state index is 10.6. The topological polar surface area (TPSA) is 56.8 Å². The predicted molar refractivity (Wildman–Crippen MR) is 41.0 cm³/mol. The maximum Gasteiger partial charge on any atom is 0.406 e. The van der Waals surface area contributed by atoms with Crippen molar-refractivity contribution in [2.75, 3.05) is 33.5 Å². The molecule has 1 heterocycles. The van der Waals surface area contributed by atoms with Crippen LogP contribution in [0, 0.1) is 0 Å². The Morgan fingerprint density at radius 3 is 3.08 bits per heavy atom. The molecule has 1 saturated heterocycles. The second kappa shape index (κ2) is 4.95. The van der Waals surface area contributed by atoms with E-state index in [0.717, 1.165) is 0 Å². The molecule has 5 nitrogen and oxygen atoms in total. The van der Waals surface area contributed by atoms with Gasteiger partial charge in [-0.25, -0.2) is 4.79 Å². The molecule has 0 spiro atoms. The summed E-state index contributed by atoms with van der Waals surface area (Å²) in [6.45, 7) is 1.94. The van der Waals surface area contributed by atoms with E-state index in [1.807, 2.05) is 0 Å². The molecule has 0 aliphatic carbocycles. The van der Waals surface area contributed by atoms with Crippen LogP contribution in [0.3, 0.4) is 0 Å². The van der Waals surface area contributed by atoms with Crippen LogP contribution in [-0.4, -0.2) is 45.7 Å². The maximum absolute atomic E-state index is 10.6. The summed E-state index contributed by atoms with van der Waals surface area (Å²) < 4.78 is 15.1. The van der Waals surface area contributed by atoms with E-state index in [-0.39, 0.29) is 12.7 Å². The van der Waals surface area contributed by atoms with E-state index >= 15 is 0 Å². The lowest BCUT2D eigenvalue weighted by molar-refractivity contribution is -0.105. The van der Waals surface area contributed by atoms with Gasteiger partial charge >= 0.3 is 6.09 Å². The highest BCUT2D eigenvalue weighted by Crippen LogP contribution is 2.00. The van der Waals surface area contributed by atoms with Crippen LogP contribution in [0.5, 0.6) is 0 Å². The highest BCUT2D eigenvalue weighted by atomic mass is 16.6. The van der Waals surface area contributed by atoms with Gasteiger partial charge in [-0.3, -0.25) is 0 Å². The number of hydrogen-bond acceptors (Lipinski definition) is 4. The standard InChI is InChI=1S/C7H13NO4/c1-8-7(9)12-5-6-4-10-2-3-11-6/h6H,2-5H2,1H3,(H,8,9)/t6-/m0/s1. The summed E-state index contributed by atoms with van der Waals surface area (Å²) in [5, 5.41) is 2.35. The minimum Gasteiger partial charge on any atom is -0.447 e. The Morgan fingerprint density at radius 2 is 2.50 bits per heavy atom. The van der Waals surface area contributed by atoms with E-state index in [4.69, 9.17) is 14.2 Å². The Labute approximate surface area is 71.0 Å². The van der Waals surface area contributed by atoms with Crippen molar-refractivity contribution < 1.29 is 19.0 Å². The van der Waals surface area contributed by atoms with Gasteiger partial charge in [0.2, 0.25) is 0 Å². The molecule has 0 aromatic heterocycles. The number of hydrogen-bond donors (Lipinski definition) is 1. The van der Waals surface area contributed by atoms with Crippen molar-refractivity contribution in [2.24, 2.45) is 0 Å². The third-order valence-corrected chi connectivity index (χ3v) is 1.49. The van der Waals surface area contributed by atoms with Gasteiger partial charge in [0.05, 0.1) is 19.8 Å². The first-order chi connectivity index (χ1) is 5.83. The Kier molecular flexibility index (Phi) is 3.83. The Hall–Kier alpha value is -0.810. The molecule has 70 valence electrons. The first-order valence-electron chi connectivity index (χ1n) is 3.87. The largest absolute Gasteiger partial charge is 0.447 e. The molecule has 1 atom stereocenters. The van der Waals surface area contributed by atoms with E-state index in [2.05, 4.69) is 5.32 Å². The van der Waals surface area contributed by atoms with Gasteiger partial charge in [0.25, 0.3) is 0 Å². The predicted octanol–water partition coefficient (Wildman–Crippen LogP) is -0.242. The molecule has 1 aliphatic heterocycles. The number of amides is 1. The fourth-order valence-corrected chi connectivity index (χ4v) is 0.874. The SMILES string of the molecule is CNC(=O)OC[C@@H]1COCCO1. The average Bonchev–Trinajstić information content (AvgIpc) is 2.16. The minimum atomic E-state index is -0.441. The summed E-state index contributed by atoms with van der Waals surface area (Å²) in [6, 6.07) is 0. The molecular formula is C7H13NO4. The van der Waals surface area contributed by atoms with Gasteiger partial charge in [0.15, 0.2) is 0 Å². The van der Waals surface area contributed by atoms with Crippen LogP contribution in [0.4, 0.5) is 4.79 Å². The highest BCUT2D eigenvalue weighted by Gasteiger charge is 2.15. The molecule has 0 aromatic carbocycles. The van der Waals surface area contributed by atoms with E-state index in [9.17, 15) is 4.79 Å². The molecule has 1 fully saturated rings. The lowest BCUT2D eigenvalue weighted by Crippen LogP contribution is -2.34. The number of rotatable bonds is 2. The molecule has 0 radical (unpaired) electrons. The van der Waals surface area contributed by atoms with Crippen molar-refractivity contribution in [1.82, 2.24) is 5.32 Å². The van der Waals surface area contributed by atoms with Crippen LogP contribution in [0.2, 0.25) is 0 Å². The first kappa shape index (κ1) is 9.28. The second-order valence-electron chi connectivity index (χ2n) is 2.42.